The van der Waals surface area contributed by atoms with E-state index >= 15 is 0 Å². The molecule has 11 heteroatoms. The van der Waals surface area contributed by atoms with Gasteiger partial charge in [-0.15, -0.1) is 0 Å². The maximum absolute atomic E-state index is 14.6. The first kappa shape index (κ1) is 27.0. The monoisotopic (exact) mass is 504 g/mol. The van der Waals surface area contributed by atoms with Crippen LogP contribution in [0.15, 0.2) is 24.3 Å². The van der Waals surface area contributed by atoms with E-state index in [0.717, 1.165) is 6.42 Å². The van der Waals surface area contributed by atoms with Gasteiger partial charge in [-0.25, -0.2) is 9.18 Å². The Balaban J connectivity index is 1.79. The zero-order chi connectivity index (χ0) is 26.5. The van der Waals surface area contributed by atoms with Crippen molar-refractivity contribution in [3.8, 4) is 5.75 Å². The number of rotatable bonds is 10. The molecule has 3 atom stereocenters. The molecule has 1 aromatic heterocycles. The van der Waals surface area contributed by atoms with E-state index in [0.29, 0.717) is 29.6 Å². The highest BCUT2D eigenvalue weighted by Crippen LogP contribution is 2.26. The Kier molecular flexibility index (Phi) is 8.54. The van der Waals surface area contributed by atoms with Crippen molar-refractivity contribution < 1.29 is 33.0 Å². The third kappa shape index (κ3) is 6.73. The molecule has 0 bridgehead atoms. The van der Waals surface area contributed by atoms with Gasteiger partial charge in [0.2, 0.25) is 11.8 Å². The summed E-state index contributed by atoms with van der Waals surface area (Å²) in [6.07, 6.45) is 1.01. The second kappa shape index (κ2) is 11.4. The van der Waals surface area contributed by atoms with Gasteiger partial charge in [-0.05, 0) is 51.3 Å². The van der Waals surface area contributed by atoms with Gasteiger partial charge in [-0.2, -0.15) is 0 Å². The van der Waals surface area contributed by atoms with Crippen LogP contribution in [0.3, 0.4) is 0 Å². The first-order valence-electron chi connectivity index (χ1n) is 11.8. The Morgan fingerprint density at radius 1 is 1.19 bits per heavy atom. The maximum atomic E-state index is 14.6. The van der Waals surface area contributed by atoms with Crippen molar-refractivity contribution >= 4 is 34.6 Å². The number of piperidine rings is 1. The molecule has 10 nitrogen and oxygen atoms in total. The van der Waals surface area contributed by atoms with E-state index in [2.05, 4.69) is 20.9 Å². The number of hydrogen-bond acceptors (Lipinski definition) is 6. The second-order valence-corrected chi connectivity index (χ2v) is 9.50. The molecular weight excluding hydrogens is 471 g/mol. The highest BCUT2D eigenvalue weighted by atomic mass is 19.1. The van der Waals surface area contributed by atoms with Crippen molar-refractivity contribution in [2.45, 2.75) is 57.3 Å². The SMILES string of the molecule is COC(=O)[C@H](C[C@@H]1CCCNC1=O)NC(=O)[C@H](CC(C)(C)F)NC(=O)c1cc2c(OC)cccc2[nH]1. The van der Waals surface area contributed by atoms with Crippen LogP contribution < -0.4 is 20.7 Å². The molecule has 3 rings (SSSR count). The van der Waals surface area contributed by atoms with E-state index in [1.165, 1.54) is 28.1 Å². The number of fused-ring (bicyclic) bond motifs is 1. The van der Waals surface area contributed by atoms with E-state index in [9.17, 15) is 23.6 Å². The molecule has 0 radical (unpaired) electrons. The van der Waals surface area contributed by atoms with Crippen molar-refractivity contribution in [2.24, 2.45) is 5.92 Å². The van der Waals surface area contributed by atoms with E-state index in [4.69, 9.17) is 9.47 Å². The fraction of sp³-hybridized carbons (Fsp3) is 0.520. The minimum absolute atomic E-state index is 0.0335. The molecule has 2 heterocycles. The number of amides is 3. The third-order valence-corrected chi connectivity index (χ3v) is 6.12. The molecule has 36 heavy (non-hydrogen) atoms. The minimum atomic E-state index is -1.80. The van der Waals surface area contributed by atoms with Gasteiger partial charge in [0.15, 0.2) is 0 Å². The number of H-pyrrole nitrogens is 1. The second-order valence-electron chi connectivity index (χ2n) is 9.50. The largest absolute Gasteiger partial charge is 0.496 e. The molecule has 1 fully saturated rings. The lowest BCUT2D eigenvalue weighted by atomic mass is 9.91. The molecule has 0 saturated carbocycles. The number of ether oxygens (including phenoxy) is 2. The highest BCUT2D eigenvalue weighted by molar-refractivity contribution is 6.01. The maximum Gasteiger partial charge on any atom is 0.328 e. The zero-order valence-corrected chi connectivity index (χ0v) is 20.9. The predicted molar refractivity (Wildman–Crippen MR) is 130 cm³/mol. The standard InChI is InChI=1S/C25H33FN4O6/c1-25(2,26)13-19(30-22(32)17-12-15-16(28-17)8-5-9-20(15)35-3)23(33)29-18(24(34)36-4)11-14-7-6-10-27-21(14)31/h5,8-9,12,14,18-19,28H,6-7,10-11,13H2,1-4H3,(H,27,31)(H,29,33)(H,30,32)/t14-,18-,19-/m0/s1. The minimum Gasteiger partial charge on any atom is -0.496 e. The van der Waals surface area contributed by atoms with Crippen molar-refractivity contribution in [1.82, 2.24) is 20.9 Å². The quantitative estimate of drug-likeness (QED) is 0.365. The van der Waals surface area contributed by atoms with Crippen LogP contribution in [0.1, 0.15) is 50.0 Å². The Bertz CT molecular complexity index is 1130. The molecule has 1 aromatic carbocycles. The summed E-state index contributed by atoms with van der Waals surface area (Å²) in [5, 5.41) is 8.54. The summed E-state index contributed by atoms with van der Waals surface area (Å²) in [7, 11) is 2.69. The number of carbonyl (C=O) groups excluding carboxylic acids is 4. The number of aromatic nitrogens is 1. The molecule has 1 aliphatic rings. The summed E-state index contributed by atoms with van der Waals surface area (Å²) in [5.74, 6) is -2.22. The summed E-state index contributed by atoms with van der Waals surface area (Å²) in [4.78, 5) is 53.7. The Morgan fingerprint density at radius 2 is 1.94 bits per heavy atom. The van der Waals surface area contributed by atoms with Crippen LogP contribution in [-0.2, 0) is 19.1 Å². The number of esters is 1. The van der Waals surface area contributed by atoms with Gasteiger partial charge in [-0.1, -0.05) is 6.07 Å². The van der Waals surface area contributed by atoms with Crippen molar-refractivity contribution in [3.63, 3.8) is 0 Å². The van der Waals surface area contributed by atoms with E-state index < -0.39 is 41.5 Å². The van der Waals surface area contributed by atoms with Crippen LogP contribution in [0, 0.1) is 5.92 Å². The van der Waals surface area contributed by atoms with Gasteiger partial charge in [0, 0.05) is 29.8 Å². The number of halogens is 1. The molecule has 0 unspecified atom stereocenters. The van der Waals surface area contributed by atoms with Gasteiger partial charge in [0.1, 0.15) is 29.2 Å². The Morgan fingerprint density at radius 3 is 2.58 bits per heavy atom. The van der Waals surface area contributed by atoms with E-state index in [-0.39, 0.29) is 24.4 Å². The number of alkyl halides is 1. The third-order valence-electron chi connectivity index (χ3n) is 6.12. The van der Waals surface area contributed by atoms with E-state index in [1.54, 1.807) is 24.3 Å². The summed E-state index contributed by atoms with van der Waals surface area (Å²) in [5.41, 5.74) is -0.988. The fourth-order valence-corrected chi connectivity index (χ4v) is 4.33. The normalized spacial score (nSPS) is 17.6. The van der Waals surface area contributed by atoms with Crippen LogP contribution in [0.25, 0.3) is 10.9 Å². The van der Waals surface area contributed by atoms with E-state index in [1.807, 2.05) is 0 Å². The number of carbonyl (C=O) groups is 4. The summed E-state index contributed by atoms with van der Waals surface area (Å²) < 4.78 is 24.7. The van der Waals surface area contributed by atoms with Gasteiger partial charge >= 0.3 is 5.97 Å². The average molecular weight is 505 g/mol. The van der Waals surface area contributed by atoms with Crippen LogP contribution in [0.2, 0.25) is 0 Å². The number of nitrogens with one attached hydrogen (secondary N) is 4. The molecule has 4 N–H and O–H groups in total. The molecule has 0 aliphatic carbocycles. The Hall–Kier alpha value is -3.63. The van der Waals surface area contributed by atoms with Crippen molar-refractivity contribution in [2.75, 3.05) is 20.8 Å². The number of methoxy groups -OCH3 is 2. The number of aromatic amines is 1. The Labute approximate surface area is 208 Å². The molecule has 1 saturated heterocycles. The van der Waals surface area contributed by atoms with Crippen LogP contribution >= 0.6 is 0 Å². The average Bonchev–Trinajstić information content (AvgIpc) is 3.28. The number of hydrogen-bond donors (Lipinski definition) is 4. The smallest absolute Gasteiger partial charge is 0.328 e. The van der Waals surface area contributed by atoms with Gasteiger partial charge < -0.3 is 30.4 Å². The van der Waals surface area contributed by atoms with Gasteiger partial charge in [0.05, 0.1) is 14.2 Å². The predicted octanol–water partition coefficient (Wildman–Crippen LogP) is 1.99. The lowest BCUT2D eigenvalue weighted by molar-refractivity contribution is -0.146. The first-order valence-corrected chi connectivity index (χ1v) is 11.8. The lowest BCUT2D eigenvalue weighted by Gasteiger charge is -2.28. The molecule has 0 spiro atoms. The van der Waals surface area contributed by atoms with Gasteiger partial charge in [0.25, 0.3) is 5.91 Å². The molecule has 2 aromatic rings. The van der Waals surface area contributed by atoms with Gasteiger partial charge in [-0.3, -0.25) is 14.4 Å². The molecule has 3 amide bonds. The summed E-state index contributed by atoms with van der Waals surface area (Å²) in [6, 6.07) is 4.44. The summed E-state index contributed by atoms with van der Waals surface area (Å²) >= 11 is 0. The highest BCUT2D eigenvalue weighted by Gasteiger charge is 2.35. The lowest BCUT2D eigenvalue weighted by Crippen LogP contribution is -2.54. The van der Waals surface area contributed by atoms with Crippen molar-refractivity contribution in [3.05, 3.63) is 30.0 Å². The topological polar surface area (TPSA) is 139 Å². The van der Waals surface area contributed by atoms with Crippen LogP contribution in [0.5, 0.6) is 5.75 Å². The first-order chi connectivity index (χ1) is 17.0. The fourth-order valence-electron chi connectivity index (χ4n) is 4.33. The van der Waals surface area contributed by atoms with Crippen LogP contribution in [0.4, 0.5) is 4.39 Å². The number of benzene rings is 1. The van der Waals surface area contributed by atoms with Crippen LogP contribution in [-0.4, -0.2) is 67.2 Å². The molecular formula is C25H33FN4O6. The molecule has 1 aliphatic heterocycles. The van der Waals surface area contributed by atoms with Crippen molar-refractivity contribution in [1.29, 1.82) is 0 Å². The summed E-state index contributed by atoms with van der Waals surface area (Å²) in [6.45, 7) is 3.14. The zero-order valence-electron chi connectivity index (χ0n) is 20.9. The molecule has 196 valence electrons.